The Morgan fingerprint density at radius 2 is 1.89 bits per heavy atom. The minimum absolute atomic E-state index is 0.0208. The summed E-state index contributed by atoms with van der Waals surface area (Å²) in [6.07, 6.45) is 3.27. The van der Waals surface area contributed by atoms with E-state index in [9.17, 15) is 13.2 Å². The fourth-order valence-electron chi connectivity index (χ4n) is 3.94. The summed E-state index contributed by atoms with van der Waals surface area (Å²) in [6.45, 7) is 4.36. The molecule has 1 aliphatic heterocycles. The first-order valence-corrected chi connectivity index (χ1v) is 12.4. The molecular weight excluding hydrogens is 470 g/mol. The number of carbonyl (C=O) groups excluding carboxylic acids is 1. The zero-order chi connectivity index (χ0) is 24.6. The third-order valence-electron chi connectivity index (χ3n) is 5.77. The van der Waals surface area contributed by atoms with Crippen LogP contribution in [0.2, 0.25) is 0 Å². The van der Waals surface area contributed by atoms with Gasteiger partial charge in [-0.2, -0.15) is 4.98 Å². The second-order valence-corrected chi connectivity index (χ2v) is 9.65. The average molecular weight is 494 g/mol. The van der Waals surface area contributed by atoms with E-state index in [0.717, 1.165) is 24.5 Å². The monoisotopic (exact) mass is 493 g/mol. The molecule has 35 heavy (non-hydrogen) atoms. The van der Waals surface area contributed by atoms with Crippen LogP contribution in [0.3, 0.4) is 0 Å². The summed E-state index contributed by atoms with van der Waals surface area (Å²) in [5.74, 6) is 1.15. The van der Waals surface area contributed by atoms with Gasteiger partial charge in [-0.25, -0.2) is 28.5 Å². The number of rotatable bonds is 5. The van der Waals surface area contributed by atoms with Crippen molar-refractivity contribution in [1.82, 2.24) is 29.8 Å². The highest BCUT2D eigenvalue weighted by Gasteiger charge is 2.20. The van der Waals surface area contributed by atoms with Gasteiger partial charge >= 0.3 is 0 Å². The highest BCUT2D eigenvalue weighted by atomic mass is 32.2. The molecule has 0 radical (unpaired) electrons. The van der Waals surface area contributed by atoms with Crippen LogP contribution < -0.4 is 15.4 Å². The molecule has 1 aromatic carbocycles. The number of carbonyl (C=O) groups is 1. The molecule has 0 spiro atoms. The van der Waals surface area contributed by atoms with Crippen molar-refractivity contribution in [3.8, 4) is 11.3 Å². The molecule has 0 atom stereocenters. The number of nitrogens with zero attached hydrogens (tertiary/aromatic N) is 6. The first-order chi connectivity index (χ1) is 16.8. The Morgan fingerprint density at radius 3 is 2.57 bits per heavy atom. The van der Waals surface area contributed by atoms with Crippen LogP contribution in [-0.2, 0) is 14.8 Å². The quantitative estimate of drug-likeness (QED) is 0.373. The molecule has 4 heterocycles. The minimum atomic E-state index is -3.85. The van der Waals surface area contributed by atoms with Crippen molar-refractivity contribution in [2.75, 3.05) is 36.4 Å². The maximum absolute atomic E-state index is 11.7. The predicted molar refractivity (Wildman–Crippen MR) is 130 cm³/mol. The fraction of sp³-hybridized carbons (Fsp3) is 0.227. The minimum Gasteiger partial charge on any atom is -0.353 e. The fourth-order valence-corrected chi connectivity index (χ4v) is 4.50. The lowest BCUT2D eigenvalue weighted by atomic mass is 10.2. The Morgan fingerprint density at radius 1 is 1.09 bits per heavy atom. The second-order valence-electron chi connectivity index (χ2n) is 8.09. The van der Waals surface area contributed by atoms with Gasteiger partial charge in [-0.3, -0.25) is 4.79 Å². The molecule has 1 aliphatic rings. The summed E-state index contributed by atoms with van der Waals surface area (Å²) in [6, 6.07) is 9.94. The SMILES string of the molecule is CC(=O)N1CCN(c2ccc(-c3nc(Nc4cccc(S(N)(=O)=O)c4)nc4nc[nH]c34)cn2)CC1. The van der Waals surface area contributed by atoms with Gasteiger partial charge in [0.15, 0.2) is 5.65 Å². The zero-order valence-corrected chi connectivity index (χ0v) is 19.7. The van der Waals surface area contributed by atoms with Gasteiger partial charge in [-0.15, -0.1) is 0 Å². The molecule has 4 N–H and O–H groups in total. The highest BCUT2D eigenvalue weighted by Crippen LogP contribution is 2.27. The molecule has 180 valence electrons. The van der Waals surface area contributed by atoms with E-state index in [2.05, 4.69) is 35.1 Å². The van der Waals surface area contributed by atoms with Gasteiger partial charge in [-0.1, -0.05) is 6.07 Å². The van der Waals surface area contributed by atoms with Crippen LogP contribution >= 0.6 is 0 Å². The standard InChI is InChI=1S/C22H23N9O3S/c1-14(32)30-7-9-31(10-8-30)18-6-5-15(12-24-18)19-20-21(26-13-25-20)29-22(28-19)27-16-3-2-4-17(11-16)35(23,33)34/h2-6,11-13H,7-10H2,1H3,(H2,23,33,34)(H2,25,26,27,28,29). The summed E-state index contributed by atoms with van der Waals surface area (Å²) < 4.78 is 23.4. The number of nitrogens with two attached hydrogens (primary N) is 1. The smallest absolute Gasteiger partial charge is 0.238 e. The zero-order valence-electron chi connectivity index (χ0n) is 18.8. The van der Waals surface area contributed by atoms with E-state index >= 15 is 0 Å². The maximum atomic E-state index is 11.7. The Bertz CT molecular complexity index is 1490. The van der Waals surface area contributed by atoms with Crippen molar-refractivity contribution in [3.05, 3.63) is 48.9 Å². The third-order valence-corrected chi connectivity index (χ3v) is 6.69. The van der Waals surface area contributed by atoms with Crippen molar-refractivity contribution in [1.29, 1.82) is 0 Å². The molecule has 1 fully saturated rings. The lowest BCUT2D eigenvalue weighted by Gasteiger charge is -2.34. The number of sulfonamides is 1. The van der Waals surface area contributed by atoms with Gasteiger partial charge in [0.05, 0.1) is 11.2 Å². The van der Waals surface area contributed by atoms with Crippen molar-refractivity contribution in [3.63, 3.8) is 0 Å². The topological polar surface area (TPSA) is 163 Å². The third kappa shape index (κ3) is 4.76. The van der Waals surface area contributed by atoms with Crippen molar-refractivity contribution >= 4 is 44.5 Å². The summed E-state index contributed by atoms with van der Waals surface area (Å²) in [4.78, 5) is 36.5. The lowest BCUT2D eigenvalue weighted by molar-refractivity contribution is -0.129. The van der Waals surface area contributed by atoms with Gasteiger partial charge in [-0.05, 0) is 30.3 Å². The molecule has 1 amide bonds. The van der Waals surface area contributed by atoms with E-state index in [1.807, 2.05) is 17.0 Å². The molecule has 0 unspecified atom stereocenters. The summed E-state index contributed by atoms with van der Waals surface area (Å²) in [7, 11) is -3.85. The van der Waals surface area contributed by atoms with Crippen LogP contribution in [0.5, 0.6) is 0 Å². The van der Waals surface area contributed by atoms with Crippen LogP contribution in [-0.4, -0.2) is 70.3 Å². The number of H-pyrrole nitrogens is 1. The number of aromatic nitrogens is 5. The number of anilines is 3. The number of primary sulfonamides is 1. The number of nitrogens with one attached hydrogen (secondary N) is 2. The van der Waals surface area contributed by atoms with Gasteiger partial charge in [0.25, 0.3) is 0 Å². The summed E-state index contributed by atoms with van der Waals surface area (Å²) in [5.41, 5.74) is 2.92. The van der Waals surface area contributed by atoms with E-state index in [-0.39, 0.29) is 16.8 Å². The molecular formula is C22H23N9O3S. The number of amides is 1. The summed E-state index contributed by atoms with van der Waals surface area (Å²) >= 11 is 0. The Labute approximate surface area is 201 Å². The number of fused-ring (bicyclic) bond motifs is 1. The van der Waals surface area contributed by atoms with E-state index in [1.54, 1.807) is 25.3 Å². The number of pyridine rings is 1. The van der Waals surface area contributed by atoms with Gasteiger partial charge in [0.1, 0.15) is 17.0 Å². The normalized spacial score (nSPS) is 14.3. The summed E-state index contributed by atoms with van der Waals surface area (Å²) in [5, 5.41) is 8.26. The van der Waals surface area contributed by atoms with Crippen molar-refractivity contribution in [2.24, 2.45) is 5.14 Å². The Hall–Kier alpha value is -4.10. The lowest BCUT2D eigenvalue weighted by Crippen LogP contribution is -2.48. The molecule has 0 aliphatic carbocycles. The Balaban J connectivity index is 1.42. The molecule has 4 aromatic rings. The number of piperazine rings is 1. The van der Waals surface area contributed by atoms with Gasteiger partial charge in [0.2, 0.25) is 21.9 Å². The molecule has 3 aromatic heterocycles. The highest BCUT2D eigenvalue weighted by molar-refractivity contribution is 7.89. The van der Waals surface area contributed by atoms with Crippen molar-refractivity contribution in [2.45, 2.75) is 11.8 Å². The van der Waals surface area contributed by atoms with Crippen LogP contribution in [0, 0.1) is 0 Å². The van der Waals surface area contributed by atoms with Crippen LogP contribution in [0.4, 0.5) is 17.5 Å². The van der Waals surface area contributed by atoms with E-state index in [1.165, 1.54) is 18.5 Å². The van der Waals surface area contributed by atoms with E-state index in [4.69, 9.17) is 5.14 Å². The number of hydrogen-bond acceptors (Lipinski definition) is 9. The molecule has 0 saturated carbocycles. The predicted octanol–water partition coefficient (Wildman–Crippen LogP) is 1.47. The van der Waals surface area contributed by atoms with E-state index < -0.39 is 10.0 Å². The average Bonchev–Trinajstić information content (AvgIpc) is 3.32. The Kier molecular flexibility index (Phi) is 5.78. The maximum Gasteiger partial charge on any atom is 0.238 e. The van der Waals surface area contributed by atoms with Crippen LogP contribution in [0.1, 0.15) is 6.92 Å². The first-order valence-electron chi connectivity index (χ1n) is 10.9. The van der Waals surface area contributed by atoms with Crippen molar-refractivity contribution < 1.29 is 13.2 Å². The van der Waals surface area contributed by atoms with Gasteiger partial charge < -0.3 is 20.1 Å². The molecule has 5 rings (SSSR count). The molecule has 12 nitrogen and oxygen atoms in total. The van der Waals surface area contributed by atoms with E-state index in [0.29, 0.717) is 35.6 Å². The molecule has 13 heteroatoms. The van der Waals surface area contributed by atoms with Crippen LogP contribution in [0.15, 0.2) is 53.8 Å². The number of hydrogen-bond donors (Lipinski definition) is 3. The molecule has 0 bridgehead atoms. The van der Waals surface area contributed by atoms with Crippen LogP contribution in [0.25, 0.3) is 22.4 Å². The largest absolute Gasteiger partial charge is 0.353 e. The number of imidazole rings is 1. The first kappa shape index (κ1) is 22.7. The second kappa shape index (κ2) is 8.92. The van der Waals surface area contributed by atoms with Gasteiger partial charge in [0, 0.05) is 50.6 Å². The number of aromatic amines is 1. The number of benzene rings is 1. The molecule has 1 saturated heterocycles.